The maximum atomic E-state index is 12.8. The van der Waals surface area contributed by atoms with Crippen LogP contribution in [0.4, 0.5) is 16.0 Å². The van der Waals surface area contributed by atoms with Gasteiger partial charge in [-0.1, -0.05) is 29.5 Å². The first kappa shape index (κ1) is 20.6. The number of nitrogens with one attached hydrogen (secondary N) is 1. The van der Waals surface area contributed by atoms with Crippen LogP contribution < -0.4 is 20.0 Å². The fourth-order valence-corrected chi connectivity index (χ4v) is 4.97. The molecule has 2 fully saturated rings. The average molecular weight is 429 g/mol. The third-order valence-corrected chi connectivity index (χ3v) is 6.66. The lowest BCUT2D eigenvalue weighted by atomic mass is 10.2. The van der Waals surface area contributed by atoms with Crippen LogP contribution >= 0.6 is 11.3 Å². The molecule has 1 aromatic heterocycles. The third kappa shape index (κ3) is 4.56. The highest BCUT2D eigenvalue weighted by Crippen LogP contribution is 2.33. The number of hydrogen-bond acceptors (Lipinski definition) is 7. The quantitative estimate of drug-likeness (QED) is 0.650. The van der Waals surface area contributed by atoms with E-state index in [4.69, 9.17) is 0 Å². The van der Waals surface area contributed by atoms with E-state index in [0.29, 0.717) is 24.6 Å². The Morgan fingerprint density at radius 3 is 2.77 bits per heavy atom. The topological polar surface area (TPSA) is 81.7 Å². The van der Waals surface area contributed by atoms with Gasteiger partial charge in [-0.2, -0.15) is 0 Å². The van der Waals surface area contributed by atoms with Crippen LogP contribution in [0.3, 0.4) is 0 Å². The van der Waals surface area contributed by atoms with Crippen molar-refractivity contribution in [3.8, 4) is 0 Å². The van der Waals surface area contributed by atoms with Gasteiger partial charge in [0.2, 0.25) is 22.1 Å². The number of nitrogens with zero attached hydrogens (tertiary/aromatic N) is 5. The van der Waals surface area contributed by atoms with Crippen LogP contribution in [0.5, 0.6) is 0 Å². The van der Waals surface area contributed by atoms with Crippen molar-refractivity contribution >= 4 is 39.1 Å². The molecule has 1 atom stereocenters. The van der Waals surface area contributed by atoms with Crippen LogP contribution in [0.2, 0.25) is 0 Å². The number of rotatable bonds is 8. The van der Waals surface area contributed by atoms with Crippen LogP contribution in [0.15, 0.2) is 30.3 Å². The summed E-state index contributed by atoms with van der Waals surface area (Å²) in [5.74, 6) is 0.151. The van der Waals surface area contributed by atoms with E-state index in [-0.39, 0.29) is 17.9 Å². The Labute approximate surface area is 180 Å². The maximum absolute atomic E-state index is 12.8. The number of para-hydroxylation sites is 1. The van der Waals surface area contributed by atoms with Gasteiger partial charge in [0, 0.05) is 45.3 Å². The summed E-state index contributed by atoms with van der Waals surface area (Å²) in [5.41, 5.74) is 1.18. The zero-order valence-electron chi connectivity index (χ0n) is 17.3. The number of carbonyl (C=O) groups excluding carboxylic acids is 2. The number of anilines is 3. The summed E-state index contributed by atoms with van der Waals surface area (Å²) in [7, 11) is 2.06. The van der Waals surface area contributed by atoms with Crippen molar-refractivity contribution in [2.24, 2.45) is 0 Å². The Morgan fingerprint density at radius 2 is 2.00 bits per heavy atom. The predicted molar refractivity (Wildman–Crippen MR) is 119 cm³/mol. The van der Waals surface area contributed by atoms with Crippen LogP contribution in [0, 0.1) is 0 Å². The fraction of sp³-hybridized carbons (Fsp3) is 0.524. The zero-order valence-corrected chi connectivity index (χ0v) is 18.1. The van der Waals surface area contributed by atoms with Crippen molar-refractivity contribution in [3.63, 3.8) is 0 Å². The van der Waals surface area contributed by atoms with Crippen molar-refractivity contribution < 1.29 is 9.59 Å². The normalized spacial score (nSPS) is 18.8. The van der Waals surface area contributed by atoms with Gasteiger partial charge in [0.05, 0.1) is 0 Å². The Bertz CT molecular complexity index is 873. The largest absolute Gasteiger partial charge is 0.375 e. The second kappa shape index (κ2) is 9.42. The Balaban J connectivity index is 1.27. The number of aromatic nitrogens is 2. The molecule has 2 saturated heterocycles. The molecule has 2 aliphatic rings. The van der Waals surface area contributed by atoms with Crippen molar-refractivity contribution in [2.75, 3.05) is 47.9 Å². The summed E-state index contributed by atoms with van der Waals surface area (Å²) < 4.78 is 0. The van der Waals surface area contributed by atoms with Gasteiger partial charge in [-0.25, -0.2) is 0 Å². The molecular weight excluding hydrogens is 400 g/mol. The van der Waals surface area contributed by atoms with Gasteiger partial charge in [0.25, 0.3) is 0 Å². The molecule has 0 spiro atoms. The second-order valence-electron chi connectivity index (χ2n) is 7.77. The van der Waals surface area contributed by atoms with Crippen molar-refractivity contribution in [2.45, 2.75) is 38.1 Å². The maximum Gasteiger partial charge on any atom is 0.242 e. The molecule has 2 aliphatic heterocycles. The van der Waals surface area contributed by atoms with Gasteiger partial charge >= 0.3 is 0 Å². The summed E-state index contributed by atoms with van der Waals surface area (Å²) in [5, 5.41) is 12.9. The van der Waals surface area contributed by atoms with Crippen LogP contribution in [-0.2, 0) is 9.59 Å². The summed E-state index contributed by atoms with van der Waals surface area (Å²) in [6, 6.07) is 10.0. The van der Waals surface area contributed by atoms with E-state index < -0.39 is 0 Å². The lowest BCUT2D eigenvalue weighted by Crippen LogP contribution is -2.44. The minimum atomic E-state index is -0.216. The Morgan fingerprint density at radius 1 is 1.20 bits per heavy atom. The number of carbonyl (C=O) groups is 2. The molecule has 160 valence electrons. The highest BCUT2D eigenvalue weighted by atomic mass is 32.1. The van der Waals surface area contributed by atoms with E-state index >= 15 is 0 Å². The first-order valence-electron chi connectivity index (χ1n) is 10.6. The summed E-state index contributed by atoms with van der Waals surface area (Å²) in [4.78, 5) is 30.7. The molecule has 3 heterocycles. The smallest absolute Gasteiger partial charge is 0.242 e. The Kier molecular flexibility index (Phi) is 6.47. The highest BCUT2D eigenvalue weighted by Gasteiger charge is 2.34. The highest BCUT2D eigenvalue weighted by molar-refractivity contribution is 7.19. The molecule has 0 saturated carbocycles. The molecule has 30 heavy (non-hydrogen) atoms. The average Bonchev–Trinajstić information content (AvgIpc) is 3.51. The van der Waals surface area contributed by atoms with Crippen molar-refractivity contribution in [3.05, 3.63) is 30.3 Å². The second-order valence-corrected chi connectivity index (χ2v) is 8.70. The van der Waals surface area contributed by atoms with Gasteiger partial charge in [-0.15, -0.1) is 10.2 Å². The standard InChI is InChI=1S/C21H28N6O2S/c1-25(16-8-3-2-4-9-16)13-7-12-22-19(29)17-10-5-14-26(17)20-23-24-21(30-20)27-15-6-11-18(27)28/h2-4,8-9,17H,5-7,10-15H2,1H3,(H,22,29). The molecular formula is C21H28N6O2S. The molecule has 1 aromatic carbocycles. The molecule has 2 aromatic rings. The van der Waals surface area contributed by atoms with E-state index in [1.54, 1.807) is 4.90 Å². The number of hydrogen-bond donors (Lipinski definition) is 1. The monoisotopic (exact) mass is 428 g/mol. The van der Waals surface area contributed by atoms with Crippen LogP contribution in [0.1, 0.15) is 32.1 Å². The van der Waals surface area contributed by atoms with Crippen LogP contribution in [0.25, 0.3) is 0 Å². The third-order valence-electron chi connectivity index (χ3n) is 5.68. The van der Waals surface area contributed by atoms with Gasteiger partial charge in [0.1, 0.15) is 6.04 Å². The summed E-state index contributed by atoms with van der Waals surface area (Å²) in [6.45, 7) is 3.01. The SMILES string of the molecule is CN(CCCNC(=O)C1CCCN1c1nnc(N2CCCC2=O)s1)c1ccccc1. The number of amides is 2. The summed E-state index contributed by atoms with van der Waals surface area (Å²) >= 11 is 1.40. The molecule has 1 N–H and O–H groups in total. The molecule has 9 heteroatoms. The van der Waals surface area contributed by atoms with E-state index in [0.717, 1.165) is 43.9 Å². The van der Waals surface area contributed by atoms with E-state index in [1.165, 1.54) is 17.0 Å². The molecule has 1 unspecified atom stereocenters. The van der Waals surface area contributed by atoms with Crippen molar-refractivity contribution in [1.82, 2.24) is 15.5 Å². The van der Waals surface area contributed by atoms with Gasteiger partial charge < -0.3 is 15.1 Å². The van der Waals surface area contributed by atoms with Gasteiger partial charge in [-0.3, -0.25) is 14.5 Å². The van der Waals surface area contributed by atoms with Crippen molar-refractivity contribution in [1.29, 1.82) is 0 Å². The lowest BCUT2D eigenvalue weighted by molar-refractivity contribution is -0.122. The van der Waals surface area contributed by atoms with E-state index in [2.05, 4.69) is 39.6 Å². The minimum Gasteiger partial charge on any atom is -0.375 e. The predicted octanol–water partition coefficient (Wildman–Crippen LogP) is 2.28. The first-order valence-corrected chi connectivity index (χ1v) is 11.4. The molecule has 0 radical (unpaired) electrons. The van der Waals surface area contributed by atoms with E-state index in [1.807, 2.05) is 23.1 Å². The van der Waals surface area contributed by atoms with E-state index in [9.17, 15) is 9.59 Å². The molecule has 0 aliphatic carbocycles. The molecule has 0 bridgehead atoms. The summed E-state index contributed by atoms with van der Waals surface area (Å²) in [6.07, 6.45) is 4.08. The molecule has 8 nitrogen and oxygen atoms in total. The molecule has 2 amide bonds. The Hall–Kier alpha value is -2.68. The van der Waals surface area contributed by atoms with Gasteiger partial charge in [-0.05, 0) is 37.8 Å². The fourth-order valence-electron chi connectivity index (χ4n) is 4.01. The van der Waals surface area contributed by atoms with Gasteiger partial charge in [0.15, 0.2) is 0 Å². The van der Waals surface area contributed by atoms with Crippen LogP contribution in [-0.4, -0.2) is 61.3 Å². The first-order chi connectivity index (χ1) is 14.6. The lowest BCUT2D eigenvalue weighted by Gasteiger charge is -2.23. The minimum absolute atomic E-state index is 0.0452. The zero-order chi connectivity index (χ0) is 20.9. The number of benzene rings is 1. The molecule has 4 rings (SSSR count).